The minimum atomic E-state index is -3.67. The number of benzene rings is 1. The van der Waals surface area contributed by atoms with Gasteiger partial charge in [-0.2, -0.15) is 0 Å². The van der Waals surface area contributed by atoms with Crippen LogP contribution in [0.1, 0.15) is 18.0 Å². The van der Waals surface area contributed by atoms with Crippen molar-refractivity contribution < 1.29 is 13.2 Å². The van der Waals surface area contributed by atoms with Crippen LogP contribution in [0.5, 0.6) is 5.75 Å². The van der Waals surface area contributed by atoms with Gasteiger partial charge in [0.1, 0.15) is 5.75 Å². The van der Waals surface area contributed by atoms with E-state index in [0.717, 1.165) is 0 Å². The van der Waals surface area contributed by atoms with Crippen LogP contribution < -0.4 is 15.6 Å². The predicted molar refractivity (Wildman–Crippen MR) is 54.9 cm³/mol. The standard InChI is InChI=1S/C9H12N2O3S/c10-8-3-4-14-9-2-1-6(5-7(8)9)15(11,12)13/h1-2,5,8H,3-4,10H2,(H2,11,12,13). The Kier molecular flexibility index (Phi) is 2.41. The van der Waals surface area contributed by atoms with Crippen molar-refractivity contribution in [2.45, 2.75) is 17.4 Å². The first-order valence-electron chi connectivity index (χ1n) is 4.53. The SMILES string of the molecule is NC1CCOc2ccc(S(N)(=O)=O)cc21. The van der Waals surface area contributed by atoms with Gasteiger partial charge < -0.3 is 10.5 Å². The van der Waals surface area contributed by atoms with Crippen LogP contribution >= 0.6 is 0 Å². The van der Waals surface area contributed by atoms with E-state index >= 15 is 0 Å². The van der Waals surface area contributed by atoms with E-state index in [2.05, 4.69) is 0 Å². The molecule has 1 aliphatic rings. The van der Waals surface area contributed by atoms with Gasteiger partial charge in [0.15, 0.2) is 0 Å². The zero-order valence-corrected chi connectivity index (χ0v) is 8.83. The molecule has 2 rings (SSSR count). The third-order valence-electron chi connectivity index (χ3n) is 2.40. The fraction of sp³-hybridized carbons (Fsp3) is 0.333. The predicted octanol–water partition coefficient (Wildman–Crippen LogP) is 0.116. The van der Waals surface area contributed by atoms with Crippen LogP contribution in [0.25, 0.3) is 0 Å². The van der Waals surface area contributed by atoms with Crippen molar-refractivity contribution in [1.29, 1.82) is 0 Å². The Morgan fingerprint density at radius 1 is 1.40 bits per heavy atom. The number of ether oxygens (including phenoxy) is 1. The number of sulfonamides is 1. The normalized spacial score (nSPS) is 20.5. The van der Waals surface area contributed by atoms with Crippen molar-refractivity contribution in [2.24, 2.45) is 10.9 Å². The van der Waals surface area contributed by atoms with Crippen LogP contribution in [0.4, 0.5) is 0 Å². The molecule has 0 aliphatic carbocycles. The number of fused-ring (bicyclic) bond motifs is 1. The van der Waals surface area contributed by atoms with Gasteiger partial charge >= 0.3 is 0 Å². The van der Waals surface area contributed by atoms with Gasteiger partial charge in [-0.25, -0.2) is 13.6 Å². The molecule has 0 spiro atoms. The van der Waals surface area contributed by atoms with E-state index in [-0.39, 0.29) is 10.9 Å². The maximum atomic E-state index is 11.1. The molecular formula is C9H12N2O3S. The maximum Gasteiger partial charge on any atom is 0.238 e. The molecule has 0 bridgehead atoms. The van der Waals surface area contributed by atoms with E-state index in [4.69, 9.17) is 15.6 Å². The van der Waals surface area contributed by atoms with Crippen molar-refractivity contribution in [3.8, 4) is 5.75 Å². The average Bonchev–Trinajstić information content (AvgIpc) is 2.16. The largest absolute Gasteiger partial charge is 0.493 e. The minimum Gasteiger partial charge on any atom is -0.493 e. The molecule has 1 heterocycles. The van der Waals surface area contributed by atoms with Gasteiger partial charge in [0.2, 0.25) is 10.0 Å². The molecule has 0 aromatic heterocycles. The molecule has 15 heavy (non-hydrogen) atoms. The topological polar surface area (TPSA) is 95.4 Å². The summed E-state index contributed by atoms with van der Waals surface area (Å²) in [6.45, 7) is 0.558. The molecule has 1 aliphatic heterocycles. The van der Waals surface area contributed by atoms with E-state index in [9.17, 15) is 8.42 Å². The zero-order valence-electron chi connectivity index (χ0n) is 8.01. The van der Waals surface area contributed by atoms with Gasteiger partial charge in [0.25, 0.3) is 0 Å². The number of primary sulfonamides is 1. The van der Waals surface area contributed by atoms with Crippen molar-refractivity contribution in [3.63, 3.8) is 0 Å². The molecule has 1 aromatic carbocycles. The lowest BCUT2D eigenvalue weighted by Crippen LogP contribution is -2.21. The molecule has 82 valence electrons. The Labute approximate surface area is 88.1 Å². The summed E-state index contributed by atoms with van der Waals surface area (Å²) in [6.07, 6.45) is 0.682. The van der Waals surface area contributed by atoms with Gasteiger partial charge in [-0.05, 0) is 18.2 Å². The van der Waals surface area contributed by atoms with E-state index in [0.29, 0.717) is 24.3 Å². The number of hydrogen-bond acceptors (Lipinski definition) is 4. The highest BCUT2D eigenvalue weighted by Gasteiger charge is 2.20. The first kappa shape index (κ1) is 10.4. The Morgan fingerprint density at radius 2 is 2.13 bits per heavy atom. The van der Waals surface area contributed by atoms with E-state index in [1.54, 1.807) is 6.07 Å². The molecule has 1 aromatic rings. The Balaban J connectivity index is 2.53. The maximum absolute atomic E-state index is 11.1. The number of nitrogens with two attached hydrogens (primary N) is 2. The van der Waals surface area contributed by atoms with Crippen LogP contribution in [0.2, 0.25) is 0 Å². The summed E-state index contributed by atoms with van der Waals surface area (Å²) in [4.78, 5) is 0.0715. The van der Waals surface area contributed by atoms with Gasteiger partial charge in [-0.1, -0.05) is 0 Å². The molecule has 0 fully saturated rings. The van der Waals surface area contributed by atoms with E-state index in [1.165, 1.54) is 12.1 Å². The van der Waals surface area contributed by atoms with Crippen molar-refractivity contribution >= 4 is 10.0 Å². The molecule has 0 saturated carbocycles. The summed E-state index contributed by atoms with van der Waals surface area (Å²) in [6, 6.07) is 4.31. The number of hydrogen-bond donors (Lipinski definition) is 2. The first-order valence-corrected chi connectivity index (χ1v) is 6.08. The quantitative estimate of drug-likeness (QED) is 0.713. The lowest BCUT2D eigenvalue weighted by atomic mass is 10.0. The van der Waals surface area contributed by atoms with Gasteiger partial charge in [-0.15, -0.1) is 0 Å². The summed E-state index contributed by atoms with van der Waals surface area (Å²) in [5, 5.41) is 5.03. The van der Waals surface area contributed by atoms with Crippen LogP contribution in [0, 0.1) is 0 Å². The van der Waals surface area contributed by atoms with Gasteiger partial charge in [0.05, 0.1) is 11.5 Å². The molecule has 1 unspecified atom stereocenters. The minimum absolute atomic E-state index is 0.0715. The summed E-state index contributed by atoms with van der Waals surface area (Å²) in [5.74, 6) is 0.640. The van der Waals surface area contributed by atoms with E-state index < -0.39 is 10.0 Å². The Hall–Kier alpha value is -1.11. The van der Waals surface area contributed by atoms with Crippen LogP contribution in [-0.4, -0.2) is 15.0 Å². The summed E-state index contributed by atoms with van der Waals surface area (Å²) in [5.41, 5.74) is 6.54. The Bertz CT molecular complexity index is 484. The molecule has 1 atom stereocenters. The molecule has 0 radical (unpaired) electrons. The summed E-state index contributed by atoms with van der Waals surface area (Å²) in [7, 11) is -3.67. The fourth-order valence-corrected chi connectivity index (χ4v) is 2.13. The van der Waals surface area contributed by atoms with Crippen molar-refractivity contribution in [2.75, 3.05) is 6.61 Å². The fourth-order valence-electron chi connectivity index (χ4n) is 1.58. The highest BCUT2D eigenvalue weighted by Crippen LogP contribution is 2.31. The van der Waals surface area contributed by atoms with Crippen LogP contribution in [0.15, 0.2) is 23.1 Å². The molecule has 4 N–H and O–H groups in total. The molecule has 0 amide bonds. The highest BCUT2D eigenvalue weighted by atomic mass is 32.2. The van der Waals surface area contributed by atoms with Crippen molar-refractivity contribution in [3.05, 3.63) is 23.8 Å². The Morgan fingerprint density at radius 3 is 2.80 bits per heavy atom. The second kappa shape index (κ2) is 3.48. The summed E-state index contributed by atoms with van der Waals surface area (Å²) < 4.78 is 27.6. The molecule has 0 saturated heterocycles. The van der Waals surface area contributed by atoms with E-state index in [1.807, 2.05) is 0 Å². The number of rotatable bonds is 1. The molecule has 6 heteroatoms. The van der Waals surface area contributed by atoms with Crippen LogP contribution in [0.3, 0.4) is 0 Å². The molecule has 5 nitrogen and oxygen atoms in total. The zero-order chi connectivity index (χ0) is 11.1. The summed E-state index contributed by atoms with van der Waals surface area (Å²) >= 11 is 0. The second-order valence-corrected chi connectivity index (χ2v) is 5.05. The molecular weight excluding hydrogens is 216 g/mol. The van der Waals surface area contributed by atoms with Crippen LogP contribution in [-0.2, 0) is 10.0 Å². The third-order valence-corrected chi connectivity index (χ3v) is 3.31. The van der Waals surface area contributed by atoms with Gasteiger partial charge in [-0.3, -0.25) is 0 Å². The second-order valence-electron chi connectivity index (χ2n) is 3.49. The van der Waals surface area contributed by atoms with Crippen molar-refractivity contribution in [1.82, 2.24) is 0 Å². The third kappa shape index (κ3) is 1.97. The first-order chi connectivity index (χ1) is 6.98. The monoisotopic (exact) mass is 228 g/mol. The smallest absolute Gasteiger partial charge is 0.238 e. The average molecular weight is 228 g/mol. The lowest BCUT2D eigenvalue weighted by molar-refractivity contribution is 0.268. The van der Waals surface area contributed by atoms with Gasteiger partial charge in [0, 0.05) is 18.0 Å². The lowest BCUT2D eigenvalue weighted by Gasteiger charge is -2.23. The highest BCUT2D eigenvalue weighted by molar-refractivity contribution is 7.89.